The van der Waals surface area contributed by atoms with Crippen molar-refractivity contribution in [3.05, 3.63) is 92.5 Å². The molecule has 5 nitrogen and oxygen atoms in total. The van der Waals surface area contributed by atoms with Crippen LogP contribution in [0.5, 0.6) is 5.75 Å². The molecule has 0 saturated heterocycles. The average Bonchev–Trinajstić information content (AvgIpc) is 2.84. The van der Waals surface area contributed by atoms with E-state index in [1.54, 1.807) is 42.7 Å². The maximum Gasteiger partial charge on any atom is 0.422 e. The molecule has 3 rings (SSSR count). The summed E-state index contributed by atoms with van der Waals surface area (Å²) < 4.78 is 105. The van der Waals surface area contributed by atoms with Crippen molar-refractivity contribution < 1.29 is 45.0 Å². The van der Waals surface area contributed by atoms with E-state index in [1.165, 1.54) is 12.1 Å². The fraction of sp³-hybridized carbons (Fsp3) is 0.167. The maximum atomic E-state index is 14.1. The number of halogens is 8. The molecule has 3 aromatic carbocycles. The predicted octanol–water partition coefficient (Wildman–Crippen LogP) is 7.23. The standard InChI is InChI=1S/C24H16BrF7N2O3/c1-2-36-23(35)13-5-3-12(4-6-13)11-37-16-8-7-15(25)9-14(16)10-33-34-22-20(28)18(26)17(24(30,31)32)19(27)21(22)29/h3-10,34H,2,11H2,1H3/b33-10-. The molecular formula is C24H16BrF7N2O3. The lowest BCUT2D eigenvalue weighted by atomic mass is 10.1. The van der Waals surface area contributed by atoms with Crippen LogP contribution in [0.1, 0.15) is 34.0 Å². The summed E-state index contributed by atoms with van der Waals surface area (Å²) in [6.07, 6.45) is -4.67. The number of carbonyl (C=O) groups is 1. The lowest BCUT2D eigenvalue weighted by molar-refractivity contribution is -0.143. The summed E-state index contributed by atoms with van der Waals surface area (Å²) >= 11 is 3.23. The van der Waals surface area contributed by atoms with Gasteiger partial charge >= 0.3 is 12.1 Å². The zero-order valence-corrected chi connectivity index (χ0v) is 20.3. The summed E-state index contributed by atoms with van der Waals surface area (Å²) in [6.45, 7) is 1.95. The third kappa shape index (κ3) is 6.59. The van der Waals surface area contributed by atoms with Gasteiger partial charge < -0.3 is 9.47 Å². The second kappa shape index (κ2) is 11.6. The predicted molar refractivity (Wildman–Crippen MR) is 123 cm³/mol. The van der Waals surface area contributed by atoms with Gasteiger partial charge in [0.2, 0.25) is 0 Å². The zero-order chi connectivity index (χ0) is 27.3. The number of ether oxygens (including phenoxy) is 2. The van der Waals surface area contributed by atoms with E-state index in [0.29, 0.717) is 15.6 Å². The Labute approximate surface area is 214 Å². The number of nitrogens with zero attached hydrogens (tertiary/aromatic N) is 1. The van der Waals surface area contributed by atoms with Crippen LogP contribution in [-0.2, 0) is 17.5 Å². The molecular weight excluding hydrogens is 577 g/mol. The van der Waals surface area contributed by atoms with Crippen LogP contribution in [-0.4, -0.2) is 18.8 Å². The molecule has 0 heterocycles. The summed E-state index contributed by atoms with van der Waals surface area (Å²) in [6, 6.07) is 11.0. The smallest absolute Gasteiger partial charge is 0.422 e. The summed E-state index contributed by atoms with van der Waals surface area (Å²) in [5.41, 5.74) is -1.27. The molecule has 0 radical (unpaired) electrons. The van der Waals surface area contributed by atoms with Gasteiger partial charge in [-0.15, -0.1) is 0 Å². The van der Waals surface area contributed by atoms with Crippen LogP contribution in [0.3, 0.4) is 0 Å². The van der Waals surface area contributed by atoms with Gasteiger partial charge in [0.05, 0.1) is 18.4 Å². The summed E-state index contributed by atoms with van der Waals surface area (Å²) in [7, 11) is 0. The Hall–Kier alpha value is -3.61. The number of esters is 1. The van der Waals surface area contributed by atoms with Crippen LogP contribution in [0, 0.1) is 23.3 Å². The largest absolute Gasteiger partial charge is 0.488 e. The van der Waals surface area contributed by atoms with Crippen LogP contribution in [0.15, 0.2) is 52.0 Å². The number of rotatable bonds is 8. The van der Waals surface area contributed by atoms with E-state index in [0.717, 1.165) is 6.21 Å². The Morgan fingerprint density at radius 1 is 1.00 bits per heavy atom. The Balaban J connectivity index is 1.79. The minimum absolute atomic E-state index is 0.0393. The Morgan fingerprint density at radius 3 is 2.19 bits per heavy atom. The van der Waals surface area contributed by atoms with Gasteiger partial charge in [-0.05, 0) is 42.8 Å². The van der Waals surface area contributed by atoms with Crippen molar-refractivity contribution in [2.75, 3.05) is 12.0 Å². The van der Waals surface area contributed by atoms with Crippen molar-refractivity contribution in [2.45, 2.75) is 19.7 Å². The Bertz CT molecular complexity index is 1300. The molecule has 0 saturated carbocycles. The Morgan fingerprint density at radius 2 is 1.62 bits per heavy atom. The summed E-state index contributed by atoms with van der Waals surface area (Å²) in [4.78, 5) is 11.7. The van der Waals surface area contributed by atoms with Gasteiger partial charge in [-0.1, -0.05) is 28.1 Å². The summed E-state index contributed by atoms with van der Waals surface area (Å²) in [5, 5.41) is 3.49. The molecule has 1 N–H and O–H groups in total. The minimum Gasteiger partial charge on any atom is -0.488 e. The van der Waals surface area contributed by atoms with Crippen LogP contribution < -0.4 is 10.2 Å². The maximum absolute atomic E-state index is 14.1. The quantitative estimate of drug-likeness (QED) is 0.0986. The second-order valence-corrected chi connectivity index (χ2v) is 8.18. The molecule has 3 aromatic rings. The fourth-order valence-electron chi connectivity index (χ4n) is 3.01. The topological polar surface area (TPSA) is 59.9 Å². The number of hydrogen-bond donors (Lipinski definition) is 1. The van der Waals surface area contributed by atoms with E-state index in [1.807, 2.05) is 0 Å². The first kappa shape index (κ1) is 28.0. The molecule has 37 heavy (non-hydrogen) atoms. The lowest BCUT2D eigenvalue weighted by Gasteiger charge is -2.13. The molecule has 0 aliphatic carbocycles. The van der Waals surface area contributed by atoms with E-state index in [9.17, 15) is 35.5 Å². The van der Waals surface area contributed by atoms with Crippen LogP contribution in [0.4, 0.5) is 36.4 Å². The van der Waals surface area contributed by atoms with E-state index < -0.39 is 46.7 Å². The fourth-order valence-corrected chi connectivity index (χ4v) is 3.39. The molecule has 0 aliphatic rings. The van der Waals surface area contributed by atoms with E-state index in [-0.39, 0.29) is 24.5 Å². The van der Waals surface area contributed by atoms with Gasteiger partial charge in [-0.25, -0.2) is 22.4 Å². The van der Waals surface area contributed by atoms with Gasteiger partial charge in [0, 0.05) is 10.0 Å². The van der Waals surface area contributed by atoms with Crippen molar-refractivity contribution in [1.82, 2.24) is 0 Å². The highest BCUT2D eigenvalue weighted by Gasteiger charge is 2.42. The Kier molecular flexibility index (Phi) is 8.79. The van der Waals surface area contributed by atoms with Gasteiger partial charge in [-0.2, -0.15) is 18.3 Å². The summed E-state index contributed by atoms with van der Waals surface area (Å²) in [5.74, 6) is -10.0. The number of carbonyl (C=O) groups excluding carboxylic acids is 1. The SMILES string of the molecule is CCOC(=O)c1ccc(COc2ccc(Br)cc2/C=N\Nc2c(F)c(F)c(C(F)(F)F)c(F)c2F)cc1. The van der Waals surface area contributed by atoms with Crippen molar-refractivity contribution in [3.8, 4) is 5.75 Å². The van der Waals surface area contributed by atoms with E-state index in [2.05, 4.69) is 21.0 Å². The number of hydrazone groups is 1. The number of anilines is 1. The van der Waals surface area contributed by atoms with E-state index >= 15 is 0 Å². The highest BCUT2D eigenvalue weighted by molar-refractivity contribution is 9.10. The molecule has 0 aromatic heterocycles. The number of benzene rings is 3. The van der Waals surface area contributed by atoms with E-state index in [4.69, 9.17) is 9.47 Å². The highest BCUT2D eigenvalue weighted by Crippen LogP contribution is 2.38. The van der Waals surface area contributed by atoms with Gasteiger partial charge in [0.15, 0.2) is 23.3 Å². The van der Waals surface area contributed by atoms with Crippen LogP contribution in [0.25, 0.3) is 0 Å². The molecule has 13 heteroatoms. The second-order valence-electron chi connectivity index (χ2n) is 7.26. The molecule has 0 spiro atoms. The average molecular weight is 593 g/mol. The lowest BCUT2D eigenvalue weighted by Crippen LogP contribution is -2.16. The molecule has 0 unspecified atom stereocenters. The van der Waals surface area contributed by atoms with Crippen molar-refractivity contribution >= 4 is 33.8 Å². The molecule has 0 bridgehead atoms. The van der Waals surface area contributed by atoms with Gasteiger partial charge in [-0.3, -0.25) is 5.43 Å². The molecule has 0 amide bonds. The first-order chi connectivity index (χ1) is 17.4. The van der Waals surface area contributed by atoms with Crippen LogP contribution >= 0.6 is 15.9 Å². The molecule has 196 valence electrons. The van der Waals surface area contributed by atoms with Crippen molar-refractivity contribution in [3.63, 3.8) is 0 Å². The number of alkyl halides is 3. The normalized spacial score (nSPS) is 11.6. The zero-order valence-electron chi connectivity index (χ0n) is 18.7. The first-order valence-corrected chi connectivity index (χ1v) is 11.1. The number of hydrogen-bond acceptors (Lipinski definition) is 5. The molecule has 0 atom stereocenters. The molecule has 0 aliphatic heterocycles. The third-order valence-corrected chi connectivity index (χ3v) is 5.25. The molecule has 0 fully saturated rings. The number of nitrogens with one attached hydrogen (secondary N) is 1. The van der Waals surface area contributed by atoms with Gasteiger partial charge in [0.25, 0.3) is 0 Å². The third-order valence-electron chi connectivity index (χ3n) is 4.76. The van der Waals surface area contributed by atoms with Crippen molar-refractivity contribution in [1.29, 1.82) is 0 Å². The monoisotopic (exact) mass is 592 g/mol. The van der Waals surface area contributed by atoms with Gasteiger partial charge in [0.1, 0.15) is 23.6 Å². The first-order valence-electron chi connectivity index (χ1n) is 10.3. The van der Waals surface area contributed by atoms with Crippen LogP contribution in [0.2, 0.25) is 0 Å². The minimum atomic E-state index is -5.65. The highest BCUT2D eigenvalue weighted by atomic mass is 79.9. The van der Waals surface area contributed by atoms with Crippen molar-refractivity contribution in [2.24, 2.45) is 5.10 Å².